The predicted octanol–water partition coefficient (Wildman–Crippen LogP) is 0.927. The van der Waals surface area contributed by atoms with Crippen LogP contribution in [0.25, 0.3) is 11.5 Å². The largest absolute Gasteiger partial charge is 0.484 e. The average molecular weight is 269 g/mol. The molecule has 7 heteroatoms. The van der Waals surface area contributed by atoms with Gasteiger partial charge in [0.2, 0.25) is 0 Å². The molecule has 20 heavy (non-hydrogen) atoms. The van der Waals surface area contributed by atoms with Crippen molar-refractivity contribution in [3.8, 4) is 17.3 Å². The lowest BCUT2D eigenvalue weighted by Crippen LogP contribution is -2.28. The van der Waals surface area contributed by atoms with Crippen LogP contribution in [0.3, 0.4) is 0 Å². The van der Waals surface area contributed by atoms with Crippen LogP contribution in [0.1, 0.15) is 0 Å². The zero-order valence-corrected chi connectivity index (χ0v) is 10.4. The standard InChI is InChI=1S/C13H11N5O2/c19-12(7-20-10-4-2-1-3-5-10)17-18-6-11-13(16-9-18)15-8-14-11/h1-6,8-9H,7H2,(H,17,19). The molecule has 2 aliphatic heterocycles. The highest BCUT2D eigenvalue weighted by molar-refractivity contribution is 5.85. The number of nitrogens with one attached hydrogen (secondary N) is 1. The van der Waals surface area contributed by atoms with Crippen LogP contribution < -0.4 is 10.2 Å². The third-order valence-electron chi connectivity index (χ3n) is 2.54. The predicted molar refractivity (Wildman–Crippen MR) is 70.7 cm³/mol. The number of ether oxygens (including phenoxy) is 1. The van der Waals surface area contributed by atoms with E-state index in [0.717, 1.165) is 0 Å². The number of aromatic nitrogens is 4. The summed E-state index contributed by atoms with van der Waals surface area (Å²) in [5, 5.41) is 0. The lowest BCUT2D eigenvalue weighted by atomic mass is 10.3. The quantitative estimate of drug-likeness (QED) is 0.761. The molecule has 2 aliphatic rings. The van der Waals surface area contributed by atoms with Crippen LogP contribution in [0.2, 0.25) is 0 Å². The minimum Gasteiger partial charge on any atom is -0.484 e. The number of hydrogen-bond donors (Lipinski definition) is 1. The van der Waals surface area contributed by atoms with Crippen LogP contribution in [0, 0.1) is 0 Å². The highest BCUT2D eigenvalue weighted by Gasteiger charge is 2.08. The summed E-state index contributed by atoms with van der Waals surface area (Å²) in [6.07, 6.45) is 4.51. The van der Waals surface area contributed by atoms with E-state index in [1.807, 2.05) is 18.2 Å². The Balaban J connectivity index is 1.60. The maximum Gasteiger partial charge on any atom is 0.276 e. The number of benzene rings is 1. The zero-order valence-electron chi connectivity index (χ0n) is 10.4. The minimum atomic E-state index is -0.292. The van der Waals surface area contributed by atoms with Gasteiger partial charge in [-0.05, 0) is 12.1 Å². The molecule has 7 nitrogen and oxygen atoms in total. The highest BCUT2D eigenvalue weighted by atomic mass is 16.5. The summed E-state index contributed by atoms with van der Waals surface area (Å²) in [6.45, 7) is -0.0816. The monoisotopic (exact) mass is 269 g/mol. The first-order valence-electron chi connectivity index (χ1n) is 5.94. The molecule has 0 radical (unpaired) electrons. The average Bonchev–Trinajstić information content (AvgIpc) is 2.94. The second-order valence-corrected chi connectivity index (χ2v) is 4.00. The summed E-state index contributed by atoms with van der Waals surface area (Å²) in [7, 11) is 0. The summed E-state index contributed by atoms with van der Waals surface area (Å²) in [6, 6.07) is 9.13. The number of nitrogens with zero attached hydrogens (tertiary/aromatic N) is 4. The first-order chi connectivity index (χ1) is 9.81. The van der Waals surface area contributed by atoms with E-state index in [1.54, 1.807) is 18.3 Å². The van der Waals surface area contributed by atoms with Crippen LogP contribution >= 0.6 is 0 Å². The Morgan fingerprint density at radius 2 is 2.05 bits per heavy atom. The fourth-order valence-electron chi connectivity index (χ4n) is 1.65. The van der Waals surface area contributed by atoms with Gasteiger partial charge in [0.25, 0.3) is 5.91 Å². The lowest BCUT2D eigenvalue weighted by molar-refractivity contribution is -0.119. The first-order valence-corrected chi connectivity index (χ1v) is 5.94. The molecule has 0 bridgehead atoms. The van der Waals surface area contributed by atoms with Gasteiger partial charge in [0, 0.05) is 0 Å². The molecule has 0 aliphatic carbocycles. The SMILES string of the molecule is O=C(COc1ccccc1)Nn1cnc2ncnc-2c1. The molecule has 0 saturated carbocycles. The molecule has 0 aromatic heterocycles. The minimum absolute atomic E-state index is 0.0816. The molecule has 0 atom stereocenters. The summed E-state index contributed by atoms with van der Waals surface area (Å²) in [5.74, 6) is 0.888. The van der Waals surface area contributed by atoms with Gasteiger partial charge in [0.15, 0.2) is 12.4 Å². The van der Waals surface area contributed by atoms with E-state index in [2.05, 4.69) is 20.4 Å². The topological polar surface area (TPSA) is 81.9 Å². The van der Waals surface area contributed by atoms with E-state index in [1.165, 1.54) is 17.3 Å². The summed E-state index contributed by atoms with van der Waals surface area (Å²) >= 11 is 0. The number of para-hydroxylation sites is 1. The maximum atomic E-state index is 11.7. The highest BCUT2D eigenvalue weighted by Crippen LogP contribution is 2.10. The number of amides is 1. The van der Waals surface area contributed by atoms with Gasteiger partial charge >= 0.3 is 0 Å². The van der Waals surface area contributed by atoms with E-state index in [0.29, 0.717) is 17.3 Å². The summed E-state index contributed by atoms with van der Waals surface area (Å²) in [4.78, 5) is 23.7. The van der Waals surface area contributed by atoms with Gasteiger partial charge < -0.3 is 4.74 Å². The van der Waals surface area contributed by atoms with Crippen molar-refractivity contribution in [1.29, 1.82) is 0 Å². The van der Waals surface area contributed by atoms with Crippen molar-refractivity contribution >= 4 is 5.91 Å². The summed E-state index contributed by atoms with van der Waals surface area (Å²) < 4.78 is 6.76. The smallest absolute Gasteiger partial charge is 0.276 e. The van der Waals surface area contributed by atoms with Crippen molar-refractivity contribution in [1.82, 2.24) is 19.6 Å². The molecular weight excluding hydrogens is 258 g/mol. The van der Waals surface area contributed by atoms with Gasteiger partial charge in [-0.1, -0.05) is 18.2 Å². The number of imidazole rings is 1. The Labute approximate surface area is 114 Å². The third kappa shape index (κ3) is 2.72. The van der Waals surface area contributed by atoms with Gasteiger partial charge in [-0.3, -0.25) is 10.2 Å². The Bertz CT molecular complexity index is 682. The number of rotatable bonds is 4. The molecule has 0 saturated heterocycles. The fraction of sp³-hybridized carbons (Fsp3) is 0.0769. The van der Waals surface area contributed by atoms with Gasteiger partial charge in [-0.2, -0.15) is 0 Å². The first kappa shape index (κ1) is 12.1. The molecular formula is C13H11N5O2. The molecule has 0 unspecified atom stereocenters. The normalized spacial score (nSPS) is 10.4. The molecule has 2 heterocycles. The van der Waals surface area contributed by atoms with E-state index < -0.39 is 0 Å². The van der Waals surface area contributed by atoms with Crippen molar-refractivity contribution < 1.29 is 9.53 Å². The molecule has 100 valence electrons. The molecule has 1 aromatic rings. The molecule has 1 amide bonds. The van der Waals surface area contributed by atoms with Crippen LogP contribution in [-0.2, 0) is 4.79 Å². The number of fused-ring (bicyclic) bond motifs is 1. The maximum absolute atomic E-state index is 11.7. The Kier molecular flexibility index (Phi) is 3.24. The third-order valence-corrected chi connectivity index (χ3v) is 2.54. The Morgan fingerprint density at radius 1 is 1.20 bits per heavy atom. The number of hydrogen-bond acceptors (Lipinski definition) is 5. The van der Waals surface area contributed by atoms with Crippen LogP contribution in [0.15, 0.2) is 49.2 Å². The van der Waals surface area contributed by atoms with Gasteiger partial charge in [0.1, 0.15) is 24.1 Å². The molecule has 1 aromatic carbocycles. The van der Waals surface area contributed by atoms with Crippen LogP contribution in [-0.4, -0.2) is 32.1 Å². The van der Waals surface area contributed by atoms with Gasteiger partial charge in [-0.15, -0.1) is 0 Å². The van der Waals surface area contributed by atoms with Crippen molar-refractivity contribution in [3.63, 3.8) is 0 Å². The van der Waals surface area contributed by atoms with E-state index >= 15 is 0 Å². The fourth-order valence-corrected chi connectivity index (χ4v) is 1.65. The van der Waals surface area contributed by atoms with Crippen LogP contribution in [0.4, 0.5) is 0 Å². The second kappa shape index (κ2) is 5.35. The van der Waals surface area contributed by atoms with E-state index in [-0.39, 0.29) is 12.5 Å². The van der Waals surface area contributed by atoms with E-state index in [4.69, 9.17) is 4.74 Å². The van der Waals surface area contributed by atoms with Gasteiger partial charge in [0.05, 0.1) is 6.20 Å². The number of carbonyl (C=O) groups excluding carboxylic acids is 1. The molecule has 3 rings (SSSR count). The Morgan fingerprint density at radius 3 is 2.90 bits per heavy atom. The second-order valence-electron chi connectivity index (χ2n) is 4.00. The van der Waals surface area contributed by atoms with Crippen molar-refractivity contribution in [2.45, 2.75) is 0 Å². The molecule has 0 fully saturated rings. The molecule has 0 spiro atoms. The van der Waals surface area contributed by atoms with Crippen molar-refractivity contribution in [2.75, 3.05) is 12.0 Å². The Hall–Kier alpha value is -2.96. The number of carbonyl (C=O) groups is 1. The van der Waals surface area contributed by atoms with E-state index in [9.17, 15) is 4.79 Å². The van der Waals surface area contributed by atoms with Crippen molar-refractivity contribution in [3.05, 3.63) is 49.2 Å². The lowest BCUT2D eigenvalue weighted by Gasteiger charge is -2.10. The van der Waals surface area contributed by atoms with Gasteiger partial charge in [-0.25, -0.2) is 19.6 Å². The van der Waals surface area contributed by atoms with Crippen LogP contribution in [0.5, 0.6) is 5.75 Å². The molecule has 1 N–H and O–H groups in total. The summed E-state index contributed by atoms with van der Waals surface area (Å²) in [5.41, 5.74) is 3.22. The zero-order chi connectivity index (χ0) is 13.8. The van der Waals surface area contributed by atoms with Crippen molar-refractivity contribution in [2.24, 2.45) is 0 Å².